The molecule has 0 heterocycles. The number of nitrogens with zero attached hydrogens (tertiary/aromatic N) is 1. The molecule has 1 amide bonds. The van der Waals surface area contributed by atoms with Crippen LogP contribution in [0.25, 0.3) is 0 Å². The van der Waals surface area contributed by atoms with E-state index in [4.69, 9.17) is 4.74 Å². The number of carbonyl (C=O) groups is 1. The number of unbranched alkanes of at least 4 members (excludes halogenated alkanes) is 1. The van der Waals surface area contributed by atoms with Crippen LogP contribution in [0.5, 0.6) is 5.75 Å². The summed E-state index contributed by atoms with van der Waals surface area (Å²) in [7, 11) is 0. The van der Waals surface area contributed by atoms with Crippen LogP contribution in [0.15, 0.2) is 53.6 Å². The number of rotatable bonds is 7. The van der Waals surface area contributed by atoms with Gasteiger partial charge in [-0.1, -0.05) is 31.0 Å². The van der Waals surface area contributed by atoms with Crippen molar-refractivity contribution in [3.63, 3.8) is 0 Å². The molecule has 2 aromatic rings. The summed E-state index contributed by atoms with van der Waals surface area (Å²) in [6.07, 6.45) is 3.78. The van der Waals surface area contributed by atoms with Gasteiger partial charge in [0.25, 0.3) is 5.91 Å². The second kappa shape index (κ2) is 8.73. The average Bonchev–Trinajstić information content (AvgIpc) is 2.57. The summed E-state index contributed by atoms with van der Waals surface area (Å²) >= 11 is 0. The largest absolute Gasteiger partial charge is 0.494 e. The molecule has 2 rings (SSSR count). The van der Waals surface area contributed by atoms with Crippen molar-refractivity contribution in [1.29, 1.82) is 0 Å². The third-order valence-corrected chi connectivity index (χ3v) is 3.34. The lowest BCUT2D eigenvalue weighted by Gasteiger charge is -2.05. The van der Waals surface area contributed by atoms with Crippen LogP contribution in [0, 0.1) is 6.92 Å². The predicted molar refractivity (Wildman–Crippen MR) is 93.1 cm³/mol. The molecular weight excluding hydrogens is 288 g/mol. The predicted octanol–water partition coefficient (Wildman–Crippen LogP) is 3.94. The number of hydrogen-bond acceptors (Lipinski definition) is 3. The maximum absolute atomic E-state index is 11.9. The second-order valence-electron chi connectivity index (χ2n) is 5.34. The Balaban J connectivity index is 1.85. The van der Waals surface area contributed by atoms with Gasteiger partial charge in [0.1, 0.15) is 5.75 Å². The highest BCUT2D eigenvalue weighted by atomic mass is 16.5. The normalized spacial score (nSPS) is 10.7. The van der Waals surface area contributed by atoms with Crippen LogP contribution in [-0.4, -0.2) is 18.7 Å². The first-order chi connectivity index (χ1) is 11.2. The zero-order valence-electron chi connectivity index (χ0n) is 13.6. The van der Waals surface area contributed by atoms with E-state index in [1.807, 2.05) is 43.3 Å². The van der Waals surface area contributed by atoms with Gasteiger partial charge in [-0.25, -0.2) is 5.43 Å². The third kappa shape index (κ3) is 5.58. The van der Waals surface area contributed by atoms with Gasteiger partial charge in [0.05, 0.1) is 12.8 Å². The second-order valence-corrected chi connectivity index (χ2v) is 5.34. The average molecular weight is 310 g/mol. The highest BCUT2D eigenvalue weighted by Gasteiger charge is 2.02. The Bertz CT molecular complexity index is 646. The molecule has 120 valence electrons. The van der Waals surface area contributed by atoms with Crippen LogP contribution in [-0.2, 0) is 0 Å². The fraction of sp³-hybridized carbons (Fsp3) is 0.263. The topological polar surface area (TPSA) is 50.7 Å². The molecule has 0 aromatic heterocycles. The van der Waals surface area contributed by atoms with Crippen molar-refractivity contribution in [2.45, 2.75) is 26.7 Å². The van der Waals surface area contributed by atoms with E-state index in [9.17, 15) is 4.79 Å². The highest BCUT2D eigenvalue weighted by Crippen LogP contribution is 2.11. The Hall–Kier alpha value is -2.62. The first kappa shape index (κ1) is 16.7. The molecule has 0 fully saturated rings. The van der Waals surface area contributed by atoms with Crippen LogP contribution in [0.1, 0.15) is 41.3 Å². The molecule has 0 aliphatic carbocycles. The number of aryl methyl sites for hydroxylation is 1. The standard InChI is InChI=1S/C19H22N2O2/c1-3-4-13-23-18-11-7-16(8-12-18)14-20-21-19(22)17-9-5-15(2)6-10-17/h5-12,14H,3-4,13H2,1-2H3,(H,21,22). The summed E-state index contributed by atoms with van der Waals surface area (Å²) in [5.74, 6) is 0.625. The fourth-order valence-corrected chi connectivity index (χ4v) is 1.92. The quantitative estimate of drug-likeness (QED) is 0.478. The lowest BCUT2D eigenvalue weighted by Crippen LogP contribution is -2.17. The Morgan fingerprint density at radius 2 is 1.83 bits per heavy atom. The molecule has 0 saturated carbocycles. The van der Waals surface area contributed by atoms with Crippen LogP contribution in [0.2, 0.25) is 0 Å². The van der Waals surface area contributed by atoms with Crippen LogP contribution < -0.4 is 10.2 Å². The lowest BCUT2D eigenvalue weighted by molar-refractivity contribution is 0.0955. The van der Waals surface area contributed by atoms with Gasteiger partial charge in [0.15, 0.2) is 0 Å². The van der Waals surface area contributed by atoms with Crippen LogP contribution >= 0.6 is 0 Å². The highest BCUT2D eigenvalue weighted by molar-refractivity contribution is 5.94. The van der Waals surface area contributed by atoms with Crippen molar-refractivity contribution in [2.75, 3.05) is 6.61 Å². The van der Waals surface area contributed by atoms with E-state index in [0.29, 0.717) is 5.56 Å². The Morgan fingerprint density at radius 3 is 2.48 bits per heavy atom. The maximum Gasteiger partial charge on any atom is 0.271 e. The van der Waals surface area contributed by atoms with Crippen molar-refractivity contribution in [3.05, 3.63) is 65.2 Å². The molecule has 23 heavy (non-hydrogen) atoms. The van der Waals surface area contributed by atoms with E-state index in [1.54, 1.807) is 18.3 Å². The molecule has 4 nitrogen and oxygen atoms in total. The number of hydrazone groups is 1. The van der Waals surface area contributed by atoms with E-state index in [0.717, 1.165) is 36.3 Å². The molecule has 4 heteroatoms. The molecule has 0 atom stereocenters. The molecule has 1 N–H and O–H groups in total. The van der Waals surface area contributed by atoms with Crippen molar-refractivity contribution in [2.24, 2.45) is 5.10 Å². The zero-order chi connectivity index (χ0) is 16.5. The van der Waals surface area contributed by atoms with E-state index in [1.165, 1.54) is 0 Å². The Morgan fingerprint density at radius 1 is 1.13 bits per heavy atom. The number of nitrogens with one attached hydrogen (secondary N) is 1. The molecule has 2 aromatic carbocycles. The van der Waals surface area contributed by atoms with Gasteiger partial charge < -0.3 is 4.74 Å². The molecule has 0 bridgehead atoms. The SMILES string of the molecule is CCCCOc1ccc(C=NNC(=O)c2ccc(C)cc2)cc1. The minimum absolute atomic E-state index is 0.222. The maximum atomic E-state index is 11.9. The van der Waals surface area contributed by atoms with E-state index >= 15 is 0 Å². The first-order valence-corrected chi connectivity index (χ1v) is 7.82. The molecule has 0 saturated heterocycles. The van der Waals surface area contributed by atoms with Gasteiger partial charge in [0.2, 0.25) is 0 Å². The monoisotopic (exact) mass is 310 g/mol. The molecular formula is C19H22N2O2. The third-order valence-electron chi connectivity index (χ3n) is 3.34. The van der Waals surface area contributed by atoms with Gasteiger partial charge in [-0.3, -0.25) is 4.79 Å². The van der Waals surface area contributed by atoms with Crippen molar-refractivity contribution in [3.8, 4) is 5.75 Å². The Labute approximate surface area is 137 Å². The van der Waals surface area contributed by atoms with E-state index < -0.39 is 0 Å². The van der Waals surface area contributed by atoms with Crippen molar-refractivity contribution < 1.29 is 9.53 Å². The summed E-state index contributed by atoms with van der Waals surface area (Å²) in [5.41, 5.74) is 5.13. The summed E-state index contributed by atoms with van der Waals surface area (Å²) in [5, 5.41) is 3.98. The Kier molecular flexibility index (Phi) is 6.36. The van der Waals surface area contributed by atoms with E-state index in [2.05, 4.69) is 17.5 Å². The molecule has 0 radical (unpaired) electrons. The zero-order valence-corrected chi connectivity index (χ0v) is 13.6. The van der Waals surface area contributed by atoms with Crippen molar-refractivity contribution >= 4 is 12.1 Å². The van der Waals surface area contributed by atoms with Gasteiger partial charge >= 0.3 is 0 Å². The summed E-state index contributed by atoms with van der Waals surface area (Å²) in [4.78, 5) is 11.9. The lowest BCUT2D eigenvalue weighted by atomic mass is 10.1. The number of hydrogen-bond donors (Lipinski definition) is 1. The van der Waals surface area contributed by atoms with Crippen molar-refractivity contribution in [1.82, 2.24) is 5.43 Å². The molecule has 0 aliphatic heterocycles. The van der Waals surface area contributed by atoms with Crippen LogP contribution in [0.3, 0.4) is 0 Å². The first-order valence-electron chi connectivity index (χ1n) is 7.82. The number of carbonyl (C=O) groups excluding carboxylic acids is 1. The summed E-state index contributed by atoms with van der Waals surface area (Å²) in [6, 6.07) is 15.0. The van der Waals surface area contributed by atoms with Gasteiger partial charge in [-0.2, -0.15) is 5.10 Å². The fourth-order valence-electron chi connectivity index (χ4n) is 1.92. The summed E-state index contributed by atoms with van der Waals surface area (Å²) in [6.45, 7) is 4.85. The minimum atomic E-state index is -0.222. The van der Waals surface area contributed by atoms with Gasteiger partial charge in [0, 0.05) is 5.56 Å². The molecule has 0 unspecified atom stereocenters. The minimum Gasteiger partial charge on any atom is -0.494 e. The van der Waals surface area contributed by atoms with Gasteiger partial charge in [-0.05, 0) is 55.3 Å². The molecule has 0 spiro atoms. The number of benzene rings is 2. The number of ether oxygens (including phenoxy) is 1. The van der Waals surface area contributed by atoms with Gasteiger partial charge in [-0.15, -0.1) is 0 Å². The smallest absolute Gasteiger partial charge is 0.271 e. The molecule has 0 aliphatic rings. The van der Waals surface area contributed by atoms with E-state index in [-0.39, 0.29) is 5.91 Å². The number of amides is 1. The summed E-state index contributed by atoms with van der Waals surface area (Å²) < 4.78 is 5.60. The van der Waals surface area contributed by atoms with Crippen LogP contribution in [0.4, 0.5) is 0 Å².